The maximum absolute atomic E-state index is 11.6. The first-order chi connectivity index (χ1) is 8.79. The summed E-state index contributed by atoms with van der Waals surface area (Å²) in [6.45, 7) is 6.78. The van der Waals surface area contributed by atoms with Crippen LogP contribution in [0.5, 0.6) is 0 Å². The lowest BCUT2D eigenvalue weighted by molar-refractivity contribution is -0.128. The Kier molecular flexibility index (Phi) is 5.79. The Bertz CT molecular complexity index is 317. The molecule has 0 atom stereocenters. The van der Waals surface area contributed by atoms with Crippen molar-refractivity contribution >= 4 is 11.8 Å². The zero-order chi connectivity index (χ0) is 14.5. The maximum atomic E-state index is 11.6. The van der Waals surface area contributed by atoms with Crippen LogP contribution in [0.1, 0.15) is 46.5 Å². The van der Waals surface area contributed by atoms with Crippen LogP contribution in [-0.2, 0) is 9.59 Å². The van der Waals surface area contributed by atoms with Gasteiger partial charge in [0.25, 0.3) is 0 Å². The smallest absolute Gasteiger partial charge is 0.225 e. The van der Waals surface area contributed by atoms with E-state index in [1.165, 1.54) is 0 Å². The molecule has 19 heavy (non-hydrogen) atoms. The summed E-state index contributed by atoms with van der Waals surface area (Å²) >= 11 is 0. The number of nitrogens with one attached hydrogen (secondary N) is 2. The highest BCUT2D eigenvalue weighted by Gasteiger charge is 2.27. The number of hydrogen-bond acceptors (Lipinski definition) is 3. The SMILES string of the molecule is CC(C)(C)C(=O)NCCCC(=O)NCC1CC(O)C1. The summed E-state index contributed by atoms with van der Waals surface area (Å²) in [4.78, 5) is 23.1. The van der Waals surface area contributed by atoms with Gasteiger partial charge in [-0.15, -0.1) is 0 Å². The second kappa shape index (κ2) is 6.89. The molecule has 1 fully saturated rings. The highest BCUT2D eigenvalue weighted by Crippen LogP contribution is 2.26. The van der Waals surface area contributed by atoms with E-state index < -0.39 is 0 Å². The molecule has 3 N–H and O–H groups in total. The van der Waals surface area contributed by atoms with E-state index in [0.717, 1.165) is 12.8 Å². The van der Waals surface area contributed by atoms with Gasteiger partial charge in [0.2, 0.25) is 11.8 Å². The standard InChI is InChI=1S/C14H26N2O3/c1-14(2,3)13(19)15-6-4-5-12(18)16-9-10-7-11(17)8-10/h10-11,17H,4-9H2,1-3H3,(H,15,19)(H,16,18). The summed E-state index contributed by atoms with van der Waals surface area (Å²) in [7, 11) is 0. The first-order valence-electron chi connectivity index (χ1n) is 7.02. The van der Waals surface area contributed by atoms with E-state index in [-0.39, 0.29) is 23.3 Å². The summed E-state index contributed by atoms with van der Waals surface area (Å²) in [5.41, 5.74) is -0.382. The number of hydrogen-bond donors (Lipinski definition) is 3. The Morgan fingerprint density at radius 2 is 1.84 bits per heavy atom. The summed E-state index contributed by atoms with van der Waals surface area (Å²) in [6, 6.07) is 0. The van der Waals surface area contributed by atoms with Crippen LogP contribution in [0, 0.1) is 11.3 Å². The molecule has 5 heteroatoms. The van der Waals surface area contributed by atoms with Gasteiger partial charge in [-0.2, -0.15) is 0 Å². The van der Waals surface area contributed by atoms with Crippen LogP contribution < -0.4 is 10.6 Å². The second-order valence-electron chi connectivity index (χ2n) is 6.40. The Morgan fingerprint density at radius 1 is 1.21 bits per heavy atom. The number of carbonyl (C=O) groups is 2. The van der Waals surface area contributed by atoms with Crippen molar-refractivity contribution in [2.75, 3.05) is 13.1 Å². The van der Waals surface area contributed by atoms with E-state index in [4.69, 9.17) is 5.11 Å². The van der Waals surface area contributed by atoms with Crippen molar-refractivity contribution in [3.63, 3.8) is 0 Å². The van der Waals surface area contributed by atoms with Crippen molar-refractivity contribution < 1.29 is 14.7 Å². The minimum atomic E-state index is -0.382. The van der Waals surface area contributed by atoms with Gasteiger partial charge in [0.05, 0.1) is 6.10 Å². The third kappa shape index (κ3) is 6.05. The van der Waals surface area contributed by atoms with E-state index in [9.17, 15) is 9.59 Å². The molecule has 0 aromatic heterocycles. The molecular formula is C14H26N2O3. The van der Waals surface area contributed by atoms with E-state index in [0.29, 0.717) is 31.8 Å². The molecule has 0 aliphatic heterocycles. The van der Waals surface area contributed by atoms with Crippen LogP contribution in [0.3, 0.4) is 0 Å². The van der Waals surface area contributed by atoms with Gasteiger partial charge in [-0.3, -0.25) is 9.59 Å². The topological polar surface area (TPSA) is 78.4 Å². The number of aliphatic hydroxyl groups is 1. The van der Waals surface area contributed by atoms with E-state index in [1.807, 2.05) is 20.8 Å². The largest absolute Gasteiger partial charge is 0.393 e. The third-order valence-electron chi connectivity index (χ3n) is 3.35. The van der Waals surface area contributed by atoms with Gasteiger partial charge in [-0.05, 0) is 25.2 Å². The van der Waals surface area contributed by atoms with Crippen LogP contribution >= 0.6 is 0 Å². The van der Waals surface area contributed by atoms with Gasteiger partial charge in [-0.25, -0.2) is 0 Å². The first-order valence-corrected chi connectivity index (χ1v) is 7.02. The van der Waals surface area contributed by atoms with Gasteiger partial charge in [0.15, 0.2) is 0 Å². The molecule has 1 aliphatic carbocycles. The predicted molar refractivity (Wildman–Crippen MR) is 73.4 cm³/mol. The monoisotopic (exact) mass is 270 g/mol. The van der Waals surface area contributed by atoms with Gasteiger partial charge >= 0.3 is 0 Å². The van der Waals surface area contributed by atoms with Crippen molar-refractivity contribution in [3.8, 4) is 0 Å². The predicted octanol–water partition coefficient (Wildman–Crippen LogP) is 0.816. The number of aliphatic hydroxyl groups excluding tert-OH is 1. The van der Waals surface area contributed by atoms with Crippen molar-refractivity contribution in [2.24, 2.45) is 11.3 Å². The molecule has 0 aromatic carbocycles. The fraction of sp³-hybridized carbons (Fsp3) is 0.857. The molecule has 0 heterocycles. The molecule has 1 saturated carbocycles. The molecular weight excluding hydrogens is 244 g/mol. The zero-order valence-electron chi connectivity index (χ0n) is 12.2. The Labute approximate surface area is 115 Å². The zero-order valence-corrected chi connectivity index (χ0v) is 12.2. The molecule has 110 valence electrons. The average molecular weight is 270 g/mol. The molecule has 5 nitrogen and oxygen atoms in total. The third-order valence-corrected chi connectivity index (χ3v) is 3.35. The maximum Gasteiger partial charge on any atom is 0.225 e. The minimum absolute atomic E-state index is 0.0105. The van der Waals surface area contributed by atoms with Gasteiger partial charge in [0, 0.05) is 24.9 Å². The van der Waals surface area contributed by atoms with Crippen LogP contribution in [0.15, 0.2) is 0 Å². The highest BCUT2D eigenvalue weighted by atomic mass is 16.3. The molecule has 0 spiro atoms. The minimum Gasteiger partial charge on any atom is -0.393 e. The highest BCUT2D eigenvalue weighted by molar-refractivity contribution is 5.81. The quantitative estimate of drug-likeness (QED) is 0.625. The Balaban J connectivity index is 2.00. The summed E-state index contributed by atoms with van der Waals surface area (Å²) in [5, 5.41) is 14.8. The van der Waals surface area contributed by atoms with E-state index in [1.54, 1.807) is 0 Å². The molecule has 0 aromatic rings. The van der Waals surface area contributed by atoms with Gasteiger partial charge in [-0.1, -0.05) is 20.8 Å². The number of carbonyl (C=O) groups excluding carboxylic acids is 2. The van der Waals surface area contributed by atoms with Crippen molar-refractivity contribution in [1.82, 2.24) is 10.6 Å². The van der Waals surface area contributed by atoms with Gasteiger partial charge in [0.1, 0.15) is 0 Å². The van der Waals surface area contributed by atoms with Crippen LogP contribution in [-0.4, -0.2) is 36.1 Å². The molecule has 2 amide bonds. The van der Waals surface area contributed by atoms with Crippen molar-refractivity contribution in [2.45, 2.75) is 52.6 Å². The fourth-order valence-electron chi connectivity index (χ4n) is 1.93. The summed E-state index contributed by atoms with van der Waals surface area (Å²) < 4.78 is 0. The second-order valence-corrected chi connectivity index (χ2v) is 6.40. The lowest BCUT2D eigenvalue weighted by Gasteiger charge is -2.31. The molecule has 1 aliphatic rings. The summed E-state index contributed by atoms with van der Waals surface area (Å²) in [6.07, 6.45) is 2.50. The van der Waals surface area contributed by atoms with Crippen LogP contribution in [0.4, 0.5) is 0 Å². The normalized spacial score (nSPS) is 22.5. The molecule has 0 radical (unpaired) electrons. The molecule has 1 rings (SSSR count). The molecule has 0 unspecified atom stereocenters. The van der Waals surface area contributed by atoms with Crippen molar-refractivity contribution in [3.05, 3.63) is 0 Å². The number of amides is 2. The van der Waals surface area contributed by atoms with E-state index in [2.05, 4.69) is 10.6 Å². The Hall–Kier alpha value is -1.10. The molecule has 0 saturated heterocycles. The van der Waals surface area contributed by atoms with E-state index >= 15 is 0 Å². The lowest BCUT2D eigenvalue weighted by atomic mass is 9.82. The van der Waals surface area contributed by atoms with Crippen molar-refractivity contribution in [1.29, 1.82) is 0 Å². The van der Waals surface area contributed by atoms with Gasteiger partial charge < -0.3 is 15.7 Å². The fourth-order valence-corrected chi connectivity index (χ4v) is 1.93. The number of rotatable bonds is 6. The lowest BCUT2D eigenvalue weighted by Crippen LogP contribution is -2.39. The molecule has 0 bridgehead atoms. The Morgan fingerprint density at radius 3 is 2.37 bits per heavy atom. The van der Waals surface area contributed by atoms with Crippen LogP contribution in [0.2, 0.25) is 0 Å². The average Bonchev–Trinajstić information content (AvgIpc) is 2.27. The first kappa shape index (κ1) is 16.0. The van der Waals surface area contributed by atoms with Crippen LogP contribution in [0.25, 0.3) is 0 Å². The summed E-state index contributed by atoms with van der Waals surface area (Å²) in [5.74, 6) is 0.460.